The summed E-state index contributed by atoms with van der Waals surface area (Å²) in [5.41, 5.74) is 5.40. The summed E-state index contributed by atoms with van der Waals surface area (Å²) in [7, 11) is 0. The average Bonchev–Trinajstić information content (AvgIpc) is 2.46. The highest BCUT2D eigenvalue weighted by Crippen LogP contribution is 1.98. The van der Waals surface area contributed by atoms with Crippen molar-refractivity contribution in [2.45, 2.75) is 24.9 Å². The van der Waals surface area contributed by atoms with E-state index in [0.717, 1.165) is 0 Å². The highest BCUT2D eigenvalue weighted by molar-refractivity contribution is 7.80. The number of rotatable bonds is 9. The molecule has 0 spiro atoms. The first kappa shape index (κ1) is 18.9. The lowest BCUT2D eigenvalue weighted by atomic mass is 10.1. The highest BCUT2D eigenvalue weighted by atomic mass is 32.1. The Bertz CT molecular complexity index is 461. The number of nitrogens with zero attached hydrogens (tertiary/aromatic N) is 1. The Balaban J connectivity index is 4.27. The molecule has 0 aliphatic rings. The SMILES string of the molecule is C=C(O)CNC(=O)C(CS)NC(=O)CCC(N)C(=O)C#N. The lowest BCUT2D eigenvalue weighted by molar-refractivity contribution is -0.128. The van der Waals surface area contributed by atoms with Crippen molar-refractivity contribution in [3.05, 3.63) is 12.3 Å². The Labute approximate surface area is 127 Å². The Morgan fingerprint density at radius 1 is 1.43 bits per heavy atom. The summed E-state index contributed by atoms with van der Waals surface area (Å²) in [5, 5.41) is 22.0. The van der Waals surface area contributed by atoms with Crippen molar-refractivity contribution in [2.75, 3.05) is 12.3 Å². The first-order valence-electron chi connectivity index (χ1n) is 6.06. The quantitative estimate of drug-likeness (QED) is 0.205. The van der Waals surface area contributed by atoms with Crippen LogP contribution in [0, 0.1) is 11.3 Å². The molecule has 8 nitrogen and oxygen atoms in total. The van der Waals surface area contributed by atoms with Gasteiger partial charge in [0.2, 0.25) is 17.6 Å². The van der Waals surface area contributed by atoms with Crippen LogP contribution in [0.2, 0.25) is 0 Å². The van der Waals surface area contributed by atoms with E-state index >= 15 is 0 Å². The number of Topliss-reactive ketones (excluding diaryl/α,β-unsaturated/α-hetero) is 1. The van der Waals surface area contributed by atoms with Crippen molar-refractivity contribution < 1.29 is 19.5 Å². The van der Waals surface area contributed by atoms with Gasteiger partial charge in [0.1, 0.15) is 17.9 Å². The summed E-state index contributed by atoms with van der Waals surface area (Å²) in [4.78, 5) is 34.2. The van der Waals surface area contributed by atoms with Gasteiger partial charge in [0.05, 0.1) is 12.6 Å². The zero-order valence-electron chi connectivity index (χ0n) is 11.3. The predicted molar refractivity (Wildman–Crippen MR) is 78.4 cm³/mol. The molecule has 0 saturated carbocycles. The lowest BCUT2D eigenvalue weighted by Gasteiger charge is -2.16. The third-order valence-electron chi connectivity index (χ3n) is 2.43. The number of thiol groups is 1. The highest BCUT2D eigenvalue weighted by Gasteiger charge is 2.20. The summed E-state index contributed by atoms with van der Waals surface area (Å²) < 4.78 is 0. The van der Waals surface area contributed by atoms with Gasteiger partial charge in [0.25, 0.3) is 0 Å². The lowest BCUT2D eigenvalue weighted by Crippen LogP contribution is -2.48. The number of nitrogens with two attached hydrogens (primary N) is 1. The van der Waals surface area contributed by atoms with E-state index in [1.54, 1.807) is 0 Å². The molecule has 0 aliphatic heterocycles. The third-order valence-corrected chi connectivity index (χ3v) is 2.80. The van der Waals surface area contributed by atoms with E-state index in [4.69, 9.17) is 16.1 Å². The molecule has 2 atom stereocenters. The molecule has 21 heavy (non-hydrogen) atoms. The van der Waals surface area contributed by atoms with Crippen LogP contribution in [-0.2, 0) is 14.4 Å². The number of nitriles is 1. The molecule has 116 valence electrons. The Morgan fingerprint density at radius 2 is 2.05 bits per heavy atom. The van der Waals surface area contributed by atoms with Gasteiger partial charge in [-0.05, 0) is 6.42 Å². The molecule has 0 saturated heterocycles. The predicted octanol–water partition coefficient (Wildman–Crippen LogP) is -1.21. The minimum absolute atomic E-state index is 0.00653. The number of hydrogen-bond acceptors (Lipinski definition) is 7. The molecule has 2 amide bonds. The number of ketones is 1. The molecule has 0 bridgehead atoms. The van der Waals surface area contributed by atoms with Crippen LogP contribution < -0.4 is 16.4 Å². The average molecular weight is 314 g/mol. The molecule has 0 aromatic carbocycles. The zero-order valence-corrected chi connectivity index (χ0v) is 12.2. The second-order valence-corrected chi connectivity index (χ2v) is 4.57. The Hall–Kier alpha value is -2.05. The Morgan fingerprint density at radius 3 is 2.52 bits per heavy atom. The number of aliphatic hydroxyl groups is 1. The fourth-order valence-electron chi connectivity index (χ4n) is 1.27. The van der Waals surface area contributed by atoms with Gasteiger partial charge < -0.3 is 21.5 Å². The molecule has 0 fully saturated rings. The number of aliphatic hydroxyl groups excluding tert-OH is 1. The number of nitrogens with one attached hydrogen (secondary N) is 2. The van der Waals surface area contributed by atoms with Crippen LogP contribution in [0.25, 0.3) is 0 Å². The monoisotopic (exact) mass is 314 g/mol. The largest absolute Gasteiger partial charge is 0.511 e. The number of carbonyl (C=O) groups excluding carboxylic acids is 3. The van der Waals surface area contributed by atoms with Crippen LogP contribution in [-0.4, -0.2) is 47.1 Å². The molecule has 0 aromatic heterocycles. The molecule has 0 aliphatic carbocycles. The summed E-state index contributed by atoms with van der Waals surface area (Å²) in [6.07, 6.45) is -0.0918. The zero-order chi connectivity index (χ0) is 16.4. The minimum atomic E-state index is -1.03. The van der Waals surface area contributed by atoms with Crippen LogP contribution in [0.3, 0.4) is 0 Å². The van der Waals surface area contributed by atoms with Gasteiger partial charge in [-0.1, -0.05) is 6.58 Å². The Kier molecular flexibility index (Phi) is 8.84. The van der Waals surface area contributed by atoms with Gasteiger partial charge in [-0.2, -0.15) is 17.9 Å². The first-order chi connectivity index (χ1) is 9.81. The third kappa shape index (κ3) is 7.96. The second kappa shape index (κ2) is 9.79. The van der Waals surface area contributed by atoms with E-state index in [2.05, 4.69) is 29.8 Å². The molecular formula is C12H18N4O4S. The molecular weight excluding hydrogens is 296 g/mol. The van der Waals surface area contributed by atoms with Crippen molar-refractivity contribution in [3.63, 3.8) is 0 Å². The second-order valence-electron chi connectivity index (χ2n) is 4.21. The van der Waals surface area contributed by atoms with Crippen LogP contribution in [0.1, 0.15) is 12.8 Å². The molecule has 9 heteroatoms. The van der Waals surface area contributed by atoms with E-state index in [1.165, 1.54) is 6.07 Å². The van der Waals surface area contributed by atoms with E-state index in [0.29, 0.717) is 0 Å². The van der Waals surface area contributed by atoms with Crippen LogP contribution in [0.4, 0.5) is 0 Å². The molecule has 5 N–H and O–H groups in total. The summed E-state index contributed by atoms with van der Waals surface area (Å²) in [6.45, 7) is 3.08. The van der Waals surface area contributed by atoms with Crippen molar-refractivity contribution in [1.82, 2.24) is 10.6 Å². The maximum absolute atomic E-state index is 11.7. The summed E-state index contributed by atoms with van der Waals surface area (Å²) in [6, 6.07) is -0.530. The smallest absolute Gasteiger partial charge is 0.248 e. The fraction of sp³-hybridized carbons (Fsp3) is 0.500. The van der Waals surface area contributed by atoms with Gasteiger partial charge in [-0.3, -0.25) is 14.4 Å². The molecule has 0 rings (SSSR count). The van der Waals surface area contributed by atoms with Crippen molar-refractivity contribution in [2.24, 2.45) is 5.73 Å². The van der Waals surface area contributed by atoms with Gasteiger partial charge in [-0.25, -0.2) is 0 Å². The molecule has 2 unspecified atom stereocenters. The standard InChI is InChI=1S/C12H18N4O4S/c1-7(17)5-15-12(20)9(6-21)16-11(19)3-2-8(14)10(18)4-13/h8-9,17,21H,1-3,5-6,14H2,(H,15,20)(H,16,19). The van der Waals surface area contributed by atoms with E-state index < -0.39 is 29.7 Å². The van der Waals surface area contributed by atoms with E-state index in [-0.39, 0.29) is 30.9 Å². The molecule has 0 radical (unpaired) electrons. The summed E-state index contributed by atoms with van der Waals surface area (Å²) >= 11 is 3.95. The van der Waals surface area contributed by atoms with Crippen molar-refractivity contribution in [3.8, 4) is 6.07 Å². The maximum atomic E-state index is 11.7. The van der Waals surface area contributed by atoms with Gasteiger partial charge in [-0.15, -0.1) is 0 Å². The number of amides is 2. The fourth-order valence-corrected chi connectivity index (χ4v) is 1.53. The summed E-state index contributed by atoms with van der Waals surface area (Å²) in [5.74, 6) is -1.97. The maximum Gasteiger partial charge on any atom is 0.248 e. The first-order valence-corrected chi connectivity index (χ1v) is 6.69. The van der Waals surface area contributed by atoms with Crippen molar-refractivity contribution >= 4 is 30.2 Å². The van der Waals surface area contributed by atoms with E-state index in [1.807, 2.05) is 0 Å². The molecule has 0 aromatic rings. The topological polar surface area (TPSA) is 145 Å². The number of hydrogen-bond donors (Lipinski definition) is 5. The molecule has 0 heterocycles. The van der Waals surface area contributed by atoms with Crippen LogP contribution >= 0.6 is 12.6 Å². The van der Waals surface area contributed by atoms with Gasteiger partial charge in [0, 0.05) is 12.2 Å². The normalized spacial score (nSPS) is 12.6. The van der Waals surface area contributed by atoms with Crippen molar-refractivity contribution in [1.29, 1.82) is 5.26 Å². The van der Waals surface area contributed by atoms with Crippen LogP contribution in [0.15, 0.2) is 12.3 Å². The number of carbonyl (C=O) groups is 3. The van der Waals surface area contributed by atoms with Gasteiger partial charge in [0.15, 0.2) is 0 Å². The van der Waals surface area contributed by atoms with E-state index in [9.17, 15) is 14.4 Å². The van der Waals surface area contributed by atoms with Crippen LogP contribution in [0.5, 0.6) is 0 Å². The minimum Gasteiger partial charge on any atom is -0.511 e. The van der Waals surface area contributed by atoms with Gasteiger partial charge >= 0.3 is 0 Å².